The highest BCUT2D eigenvalue weighted by Gasteiger charge is 2.35. The van der Waals surface area contributed by atoms with Crippen molar-refractivity contribution in [3.8, 4) is 0 Å². The second-order valence-electron chi connectivity index (χ2n) is 6.08. The van der Waals surface area contributed by atoms with E-state index in [4.69, 9.17) is 5.11 Å². The molecule has 0 aliphatic heterocycles. The van der Waals surface area contributed by atoms with Crippen molar-refractivity contribution >= 4 is 11.5 Å². The summed E-state index contributed by atoms with van der Waals surface area (Å²) in [7, 11) is 0. The van der Waals surface area contributed by atoms with Crippen LogP contribution in [0, 0.1) is 0 Å². The van der Waals surface area contributed by atoms with Crippen molar-refractivity contribution in [1.82, 2.24) is 0 Å². The average molecular weight is 384 g/mol. The maximum Gasteiger partial charge on any atom is 0.419 e. The Balaban J connectivity index is 2.50. The first kappa shape index (κ1) is 20.6. The Morgan fingerprint density at radius 2 is 1.78 bits per heavy atom. The van der Waals surface area contributed by atoms with Crippen LogP contribution in [-0.2, 0) is 11.2 Å². The molecule has 1 aliphatic rings. The Morgan fingerprint density at radius 3 is 2.41 bits per heavy atom. The number of hydrogen-bond donors (Lipinski definition) is 1. The molecule has 144 valence electrons. The third-order valence-corrected chi connectivity index (χ3v) is 4.15. The van der Waals surface area contributed by atoms with Gasteiger partial charge in [-0.1, -0.05) is 30.3 Å². The van der Waals surface area contributed by atoms with Crippen LogP contribution in [0.1, 0.15) is 30.9 Å². The molecule has 0 bridgehead atoms. The first-order chi connectivity index (χ1) is 12.6. The number of fused-ring (bicyclic) bond motifs is 1. The van der Waals surface area contributed by atoms with E-state index in [0.29, 0.717) is 36.1 Å². The van der Waals surface area contributed by atoms with Crippen molar-refractivity contribution in [3.63, 3.8) is 0 Å². The van der Waals surface area contributed by atoms with E-state index in [1.54, 1.807) is 18.2 Å². The highest BCUT2D eigenvalue weighted by molar-refractivity contribution is 5.85. The molecule has 0 saturated heterocycles. The summed E-state index contributed by atoms with van der Waals surface area (Å²) in [5.74, 6) is -5.05. The zero-order valence-corrected chi connectivity index (χ0v) is 14.4. The number of carbonyl (C=O) groups is 1. The van der Waals surface area contributed by atoms with Gasteiger partial charge in [0.1, 0.15) is 5.83 Å². The molecular weight excluding hydrogens is 367 g/mol. The van der Waals surface area contributed by atoms with Gasteiger partial charge in [0.05, 0.1) is 5.57 Å². The van der Waals surface area contributed by atoms with Crippen LogP contribution >= 0.6 is 0 Å². The molecule has 0 saturated carbocycles. The molecule has 2 nitrogen and oxygen atoms in total. The Kier molecular flexibility index (Phi) is 6.36. The summed E-state index contributed by atoms with van der Waals surface area (Å²) in [5, 5.41) is 8.50. The second-order valence-corrected chi connectivity index (χ2v) is 6.08. The molecule has 0 unspecified atom stereocenters. The van der Waals surface area contributed by atoms with Gasteiger partial charge in [-0.05, 0) is 60.6 Å². The number of hydrogen-bond acceptors (Lipinski definition) is 1. The van der Waals surface area contributed by atoms with Crippen LogP contribution in [-0.4, -0.2) is 17.3 Å². The fraction of sp³-hybridized carbons (Fsp3) is 0.250. The summed E-state index contributed by atoms with van der Waals surface area (Å²) < 4.78 is 67.5. The van der Waals surface area contributed by atoms with Crippen molar-refractivity contribution in [2.45, 2.75) is 32.4 Å². The molecule has 1 aromatic rings. The van der Waals surface area contributed by atoms with Crippen LogP contribution in [0.3, 0.4) is 0 Å². The van der Waals surface area contributed by atoms with Crippen molar-refractivity contribution in [3.05, 3.63) is 76.4 Å². The zero-order valence-electron chi connectivity index (χ0n) is 14.4. The molecule has 0 spiro atoms. The van der Waals surface area contributed by atoms with E-state index in [1.165, 1.54) is 0 Å². The molecule has 1 N–H and O–H groups in total. The Bertz CT molecular complexity index is 857. The van der Waals surface area contributed by atoms with Crippen LogP contribution in [0.15, 0.2) is 65.3 Å². The van der Waals surface area contributed by atoms with E-state index in [9.17, 15) is 26.7 Å². The van der Waals surface area contributed by atoms with Gasteiger partial charge in [-0.25, -0.2) is 9.18 Å². The van der Waals surface area contributed by atoms with Crippen molar-refractivity contribution in [1.29, 1.82) is 0 Å². The van der Waals surface area contributed by atoms with Crippen molar-refractivity contribution in [2.75, 3.05) is 0 Å². The molecule has 7 heteroatoms. The number of carboxylic acids is 1. The molecule has 2 rings (SSSR count). The topological polar surface area (TPSA) is 37.3 Å². The Hall–Kier alpha value is -2.70. The molecule has 0 fully saturated rings. The van der Waals surface area contributed by atoms with Gasteiger partial charge in [-0.2, -0.15) is 17.6 Å². The number of allylic oxidation sites excluding steroid dienone is 7. The predicted molar refractivity (Wildman–Crippen MR) is 92.1 cm³/mol. The summed E-state index contributed by atoms with van der Waals surface area (Å²) in [6, 6.07) is 7.00. The first-order valence-electron chi connectivity index (χ1n) is 8.15. The van der Waals surface area contributed by atoms with Crippen LogP contribution in [0.5, 0.6) is 0 Å². The minimum atomic E-state index is -4.96. The molecular formula is C20H17F5O2. The number of halogens is 5. The quantitative estimate of drug-likeness (QED) is 0.388. The van der Waals surface area contributed by atoms with Crippen LogP contribution in [0.4, 0.5) is 22.0 Å². The highest BCUT2D eigenvalue weighted by atomic mass is 19.4. The average Bonchev–Trinajstić information content (AvgIpc) is 2.62. The Labute approximate surface area is 153 Å². The van der Waals surface area contributed by atoms with E-state index < -0.39 is 34.9 Å². The van der Waals surface area contributed by atoms with Gasteiger partial charge in [0.25, 0.3) is 0 Å². The minimum absolute atomic E-state index is 0.372. The smallest absolute Gasteiger partial charge is 0.419 e. The monoisotopic (exact) mass is 384 g/mol. The number of benzene rings is 1. The molecule has 0 aromatic heterocycles. The van der Waals surface area contributed by atoms with Gasteiger partial charge >= 0.3 is 12.1 Å². The molecule has 0 radical (unpaired) electrons. The highest BCUT2D eigenvalue weighted by Crippen LogP contribution is 2.37. The van der Waals surface area contributed by atoms with Crippen LogP contribution in [0.25, 0.3) is 5.57 Å². The lowest BCUT2D eigenvalue weighted by Gasteiger charge is -2.20. The molecule has 0 atom stereocenters. The molecule has 0 amide bonds. The largest absolute Gasteiger partial charge is 0.476 e. The minimum Gasteiger partial charge on any atom is -0.476 e. The summed E-state index contributed by atoms with van der Waals surface area (Å²) >= 11 is 0. The summed E-state index contributed by atoms with van der Waals surface area (Å²) in [6.45, 7) is 1.02. The maximum absolute atomic E-state index is 14.3. The maximum atomic E-state index is 14.3. The van der Waals surface area contributed by atoms with Crippen molar-refractivity contribution < 1.29 is 31.9 Å². The first-order valence-corrected chi connectivity index (χ1v) is 8.15. The SMILES string of the molecule is CC(/C=C/C(F)=C(\C=C1/CCCc2ccccc21)C(F)(F)F)=C(/F)C(=O)O. The standard InChI is InChI=1S/C20H17F5O2/c1-12(18(22)19(26)27)9-10-17(21)16(20(23,24)25)11-14-7-4-6-13-5-2-3-8-15(13)14/h2-3,5,8-11H,4,6-7H2,1H3,(H,26,27)/b10-9+,14-11+,17-16-,18-12-. The number of aliphatic carboxylic acids is 1. The number of aryl methyl sites for hydroxylation is 1. The van der Waals surface area contributed by atoms with E-state index in [1.807, 2.05) is 6.07 Å². The lowest BCUT2D eigenvalue weighted by Crippen LogP contribution is -2.13. The van der Waals surface area contributed by atoms with Gasteiger partial charge in [-0.15, -0.1) is 0 Å². The third-order valence-electron chi connectivity index (χ3n) is 4.15. The van der Waals surface area contributed by atoms with Gasteiger partial charge in [0.15, 0.2) is 0 Å². The van der Waals surface area contributed by atoms with E-state index in [2.05, 4.69) is 0 Å². The van der Waals surface area contributed by atoms with E-state index in [0.717, 1.165) is 25.0 Å². The van der Waals surface area contributed by atoms with Gasteiger partial charge in [0.2, 0.25) is 5.83 Å². The number of rotatable bonds is 4. The summed E-state index contributed by atoms with van der Waals surface area (Å²) in [6.07, 6.45) is -1.35. The van der Waals surface area contributed by atoms with Crippen molar-refractivity contribution in [2.24, 2.45) is 0 Å². The summed E-state index contributed by atoms with van der Waals surface area (Å²) in [5.41, 5.74) is -0.0643. The second kappa shape index (κ2) is 8.33. The van der Waals surface area contributed by atoms with E-state index >= 15 is 0 Å². The third kappa shape index (κ3) is 5.15. The van der Waals surface area contributed by atoms with E-state index in [-0.39, 0.29) is 0 Å². The lowest BCUT2D eigenvalue weighted by atomic mass is 9.86. The van der Waals surface area contributed by atoms with Gasteiger partial charge < -0.3 is 5.11 Å². The molecule has 1 aromatic carbocycles. The van der Waals surface area contributed by atoms with Gasteiger partial charge in [0, 0.05) is 0 Å². The fourth-order valence-electron chi connectivity index (χ4n) is 2.80. The Morgan fingerprint density at radius 1 is 1.11 bits per heavy atom. The number of alkyl halides is 3. The van der Waals surface area contributed by atoms with Crippen LogP contribution < -0.4 is 0 Å². The normalized spacial score (nSPS) is 18.2. The number of carboxylic acid groups (broad SMARTS) is 1. The predicted octanol–water partition coefficient (Wildman–Crippen LogP) is 6.08. The molecule has 0 heterocycles. The van der Waals surface area contributed by atoms with Gasteiger partial charge in [-0.3, -0.25) is 0 Å². The lowest BCUT2D eigenvalue weighted by molar-refractivity contribution is -0.134. The molecule has 1 aliphatic carbocycles. The fourth-order valence-corrected chi connectivity index (χ4v) is 2.80. The zero-order chi connectivity index (χ0) is 20.2. The molecule has 27 heavy (non-hydrogen) atoms. The summed E-state index contributed by atoms with van der Waals surface area (Å²) in [4.78, 5) is 10.5. The van der Waals surface area contributed by atoms with Crippen LogP contribution in [0.2, 0.25) is 0 Å².